The Morgan fingerprint density at radius 2 is 2.25 bits per heavy atom. The Bertz CT molecular complexity index is 369. The van der Waals surface area contributed by atoms with Crippen molar-refractivity contribution in [1.29, 1.82) is 0 Å². The zero-order chi connectivity index (χ0) is 11.1. The molecule has 88 valence electrons. The fraction of sp³-hybridized carbons (Fsp3) is 0.769. The number of fused-ring (bicyclic) bond motifs is 2. The van der Waals surface area contributed by atoms with Crippen LogP contribution in [0.5, 0.6) is 0 Å². The van der Waals surface area contributed by atoms with Gasteiger partial charge < -0.3 is 5.32 Å². The van der Waals surface area contributed by atoms with E-state index in [2.05, 4.69) is 30.5 Å². The molecule has 2 aliphatic carbocycles. The van der Waals surface area contributed by atoms with E-state index in [1.807, 2.05) is 10.9 Å². The lowest BCUT2D eigenvalue weighted by Gasteiger charge is -2.22. The molecule has 2 saturated carbocycles. The van der Waals surface area contributed by atoms with Crippen LogP contribution in [-0.2, 0) is 0 Å². The van der Waals surface area contributed by atoms with Crippen LogP contribution in [-0.4, -0.2) is 15.8 Å². The van der Waals surface area contributed by atoms with Crippen molar-refractivity contribution >= 4 is 5.69 Å². The summed E-state index contributed by atoms with van der Waals surface area (Å²) in [7, 11) is 0. The zero-order valence-electron chi connectivity index (χ0n) is 10.2. The molecule has 0 aromatic carbocycles. The molecule has 3 rings (SSSR count). The van der Waals surface area contributed by atoms with E-state index in [0.717, 1.165) is 11.8 Å². The average Bonchev–Trinajstić information content (AvgIpc) is 2.91. The number of nitrogens with zero attached hydrogens (tertiary/aromatic N) is 2. The highest BCUT2D eigenvalue weighted by molar-refractivity contribution is 5.40. The number of aromatic nitrogens is 2. The van der Waals surface area contributed by atoms with Gasteiger partial charge in [-0.15, -0.1) is 0 Å². The van der Waals surface area contributed by atoms with Crippen molar-refractivity contribution in [3.63, 3.8) is 0 Å². The van der Waals surface area contributed by atoms with Crippen LogP contribution in [0.3, 0.4) is 0 Å². The van der Waals surface area contributed by atoms with E-state index in [1.165, 1.54) is 31.4 Å². The van der Waals surface area contributed by atoms with E-state index in [9.17, 15) is 0 Å². The Morgan fingerprint density at radius 3 is 2.81 bits per heavy atom. The lowest BCUT2D eigenvalue weighted by atomic mass is 9.95. The number of anilines is 1. The van der Waals surface area contributed by atoms with Gasteiger partial charge in [0.15, 0.2) is 0 Å². The predicted molar refractivity (Wildman–Crippen MR) is 65.5 cm³/mol. The third kappa shape index (κ3) is 1.72. The van der Waals surface area contributed by atoms with Crippen molar-refractivity contribution in [3.8, 4) is 0 Å². The molecule has 0 spiro atoms. The summed E-state index contributed by atoms with van der Waals surface area (Å²) < 4.78 is 2.02. The fourth-order valence-electron chi connectivity index (χ4n) is 3.33. The maximum Gasteiger partial charge on any atom is 0.0728 e. The summed E-state index contributed by atoms with van der Waals surface area (Å²) in [5, 5.41) is 8.04. The topological polar surface area (TPSA) is 29.9 Å². The Labute approximate surface area is 97.2 Å². The van der Waals surface area contributed by atoms with Gasteiger partial charge in [-0.1, -0.05) is 6.42 Å². The number of rotatable bonds is 3. The monoisotopic (exact) mass is 219 g/mol. The van der Waals surface area contributed by atoms with Gasteiger partial charge in [0.1, 0.15) is 0 Å². The Morgan fingerprint density at radius 1 is 1.38 bits per heavy atom. The van der Waals surface area contributed by atoms with E-state index >= 15 is 0 Å². The molecule has 1 N–H and O–H groups in total. The first-order chi connectivity index (χ1) is 7.72. The maximum absolute atomic E-state index is 4.37. The summed E-state index contributed by atoms with van der Waals surface area (Å²) in [6, 6.07) is 1.17. The summed E-state index contributed by atoms with van der Waals surface area (Å²) in [6.45, 7) is 4.32. The first kappa shape index (κ1) is 10.2. The van der Waals surface area contributed by atoms with Gasteiger partial charge in [-0.05, 0) is 44.9 Å². The van der Waals surface area contributed by atoms with Gasteiger partial charge in [0.05, 0.1) is 11.9 Å². The van der Waals surface area contributed by atoms with Gasteiger partial charge in [-0.2, -0.15) is 5.10 Å². The number of hydrogen-bond donors (Lipinski definition) is 1. The summed E-state index contributed by atoms with van der Waals surface area (Å²) in [5.41, 5.74) is 1.20. The van der Waals surface area contributed by atoms with Crippen LogP contribution in [0.4, 0.5) is 5.69 Å². The van der Waals surface area contributed by atoms with Crippen LogP contribution in [0.15, 0.2) is 12.4 Å². The number of hydrogen-bond acceptors (Lipinski definition) is 2. The summed E-state index contributed by atoms with van der Waals surface area (Å²) in [5.74, 6) is 1.93. The quantitative estimate of drug-likeness (QED) is 0.846. The van der Waals surface area contributed by atoms with E-state index in [-0.39, 0.29) is 0 Å². The van der Waals surface area contributed by atoms with E-state index in [0.29, 0.717) is 12.1 Å². The van der Waals surface area contributed by atoms with Crippen molar-refractivity contribution in [2.45, 2.75) is 51.6 Å². The van der Waals surface area contributed by atoms with E-state index < -0.39 is 0 Å². The van der Waals surface area contributed by atoms with Gasteiger partial charge in [-0.3, -0.25) is 4.68 Å². The minimum Gasteiger partial charge on any atom is -0.379 e. The van der Waals surface area contributed by atoms with Crippen LogP contribution in [0.2, 0.25) is 0 Å². The molecule has 0 saturated heterocycles. The SMILES string of the molecule is CC(C)n1cc(NC2CC3CCC2C3)cn1. The second kappa shape index (κ2) is 3.79. The largest absolute Gasteiger partial charge is 0.379 e. The first-order valence-corrected chi connectivity index (χ1v) is 6.53. The molecule has 1 aromatic rings. The van der Waals surface area contributed by atoms with Gasteiger partial charge in [0.25, 0.3) is 0 Å². The summed E-state index contributed by atoms with van der Waals surface area (Å²) in [4.78, 5) is 0. The smallest absolute Gasteiger partial charge is 0.0728 e. The number of nitrogens with one attached hydrogen (secondary N) is 1. The molecule has 2 bridgehead atoms. The molecule has 2 aliphatic rings. The van der Waals surface area contributed by atoms with Crippen molar-refractivity contribution in [3.05, 3.63) is 12.4 Å². The van der Waals surface area contributed by atoms with Crippen LogP contribution >= 0.6 is 0 Å². The second-order valence-corrected chi connectivity index (χ2v) is 5.73. The van der Waals surface area contributed by atoms with Crippen LogP contribution < -0.4 is 5.32 Å². The molecule has 3 nitrogen and oxygen atoms in total. The molecule has 1 heterocycles. The lowest BCUT2D eigenvalue weighted by Crippen LogP contribution is -2.25. The minimum absolute atomic E-state index is 0.454. The van der Waals surface area contributed by atoms with Crippen molar-refractivity contribution in [2.24, 2.45) is 11.8 Å². The highest BCUT2D eigenvalue weighted by atomic mass is 15.3. The summed E-state index contributed by atoms with van der Waals surface area (Å²) >= 11 is 0. The van der Waals surface area contributed by atoms with Crippen molar-refractivity contribution in [1.82, 2.24) is 9.78 Å². The molecule has 3 heteroatoms. The summed E-state index contributed by atoms with van der Waals surface area (Å²) in [6.07, 6.45) is 9.82. The van der Waals surface area contributed by atoms with Gasteiger partial charge in [0, 0.05) is 18.3 Å². The molecule has 1 aromatic heterocycles. The molecular weight excluding hydrogens is 198 g/mol. The Kier molecular flexibility index (Phi) is 2.41. The molecule has 0 aliphatic heterocycles. The highest BCUT2D eigenvalue weighted by Crippen LogP contribution is 2.45. The van der Waals surface area contributed by atoms with Crippen LogP contribution in [0.1, 0.15) is 45.6 Å². The second-order valence-electron chi connectivity index (χ2n) is 5.73. The fourth-order valence-corrected chi connectivity index (χ4v) is 3.33. The highest BCUT2D eigenvalue weighted by Gasteiger charge is 2.39. The van der Waals surface area contributed by atoms with Gasteiger partial charge >= 0.3 is 0 Å². The van der Waals surface area contributed by atoms with Crippen LogP contribution in [0.25, 0.3) is 0 Å². The normalized spacial score (nSPS) is 32.6. The maximum atomic E-state index is 4.37. The molecule has 3 atom stereocenters. The van der Waals surface area contributed by atoms with E-state index in [4.69, 9.17) is 0 Å². The van der Waals surface area contributed by atoms with Gasteiger partial charge in [0.2, 0.25) is 0 Å². The Hall–Kier alpha value is -0.990. The standard InChI is InChI=1S/C13H21N3/c1-9(2)16-8-12(7-14-16)15-13-6-10-3-4-11(13)5-10/h7-11,13,15H,3-6H2,1-2H3. The molecule has 0 radical (unpaired) electrons. The third-order valence-corrected chi connectivity index (χ3v) is 4.22. The van der Waals surface area contributed by atoms with Crippen molar-refractivity contribution < 1.29 is 0 Å². The zero-order valence-corrected chi connectivity index (χ0v) is 10.2. The molecular formula is C13H21N3. The first-order valence-electron chi connectivity index (χ1n) is 6.53. The van der Waals surface area contributed by atoms with Crippen LogP contribution in [0, 0.1) is 11.8 Å². The molecule has 0 amide bonds. The average molecular weight is 219 g/mol. The Balaban J connectivity index is 1.65. The predicted octanol–water partition coefficient (Wildman–Crippen LogP) is 3.06. The lowest BCUT2D eigenvalue weighted by molar-refractivity contribution is 0.439. The van der Waals surface area contributed by atoms with E-state index in [1.54, 1.807) is 0 Å². The molecule has 3 unspecified atom stereocenters. The van der Waals surface area contributed by atoms with Gasteiger partial charge in [-0.25, -0.2) is 0 Å². The van der Waals surface area contributed by atoms with Crippen molar-refractivity contribution in [2.75, 3.05) is 5.32 Å². The minimum atomic E-state index is 0.454. The third-order valence-electron chi connectivity index (χ3n) is 4.22. The molecule has 2 fully saturated rings. The molecule has 16 heavy (non-hydrogen) atoms.